The van der Waals surface area contributed by atoms with E-state index < -0.39 is 11.8 Å². The second-order valence-corrected chi connectivity index (χ2v) is 4.14. The molecular formula is C12H14N2O3. The maximum Gasteiger partial charge on any atom is 0.227 e. The van der Waals surface area contributed by atoms with Gasteiger partial charge < -0.3 is 15.7 Å². The van der Waals surface area contributed by atoms with E-state index in [2.05, 4.69) is 0 Å². The summed E-state index contributed by atoms with van der Waals surface area (Å²) >= 11 is 0. The number of aliphatic hydroxyl groups excluding tert-OH is 1. The smallest absolute Gasteiger partial charge is 0.227 e. The predicted octanol–water partition coefficient (Wildman–Crippen LogP) is 0.0171. The van der Waals surface area contributed by atoms with Gasteiger partial charge in [0.1, 0.15) is 0 Å². The molecule has 1 aromatic rings. The fourth-order valence-electron chi connectivity index (χ4n) is 1.97. The molecule has 0 aliphatic carbocycles. The van der Waals surface area contributed by atoms with E-state index >= 15 is 0 Å². The molecule has 0 bridgehead atoms. The van der Waals surface area contributed by atoms with E-state index in [4.69, 9.17) is 10.8 Å². The van der Waals surface area contributed by atoms with Crippen LogP contribution in [0.25, 0.3) is 0 Å². The van der Waals surface area contributed by atoms with Crippen LogP contribution in [0.5, 0.6) is 0 Å². The van der Waals surface area contributed by atoms with Crippen LogP contribution >= 0.6 is 0 Å². The SMILES string of the molecule is NC(=O)C1CC(=O)N(c2cccc(CO)c2)C1. The number of nitrogens with two attached hydrogens (primary N) is 1. The van der Waals surface area contributed by atoms with Crippen molar-refractivity contribution in [3.05, 3.63) is 29.8 Å². The summed E-state index contributed by atoms with van der Waals surface area (Å²) in [7, 11) is 0. The minimum atomic E-state index is -0.445. The van der Waals surface area contributed by atoms with Gasteiger partial charge in [0.05, 0.1) is 12.5 Å². The minimum Gasteiger partial charge on any atom is -0.392 e. The number of hydrogen-bond donors (Lipinski definition) is 2. The first-order valence-corrected chi connectivity index (χ1v) is 5.41. The fourth-order valence-corrected chi connectivity index (χ4v) is 1.97. The Balaban J connectivity index is 2.22. The average Bonchev–Trinajstić information content (AvgIpc) is 2.72. The van der Waals surface area contributed by atoms with Gasteiger partial charge in [-0.3, -0.25) is 9.59 Å². The summed E-state index contributed by atoms with van der Waals surface area (Å²) in [5, 5.41) is 9.03. The lowest BCUT2D eigenvalue weighted by molar-refractivity contribution is -0.123. The normalized spacial score (nSPS) is 19.7. The van der Waals surface area contributed by atoms with Crippen LogP contribution in [-0.4, -0.2) is 23.5 Å². The van der Waals surface area contributed by atoms with Crippen molar-refractivity contribution < 1.29 is 14.7 Å². The lowest BCUT2D eigenvalue weighted by Gasteiger charge is -2.16. The Kier molecular flexibility index (Phi) is 3.10. The highest BCUT2D eigenvalue weighted by Gasteiger charge is 2.33. The highest BCUT2D eigenvalue weighted by atomic mass is 16.3. The number of benzene rings is 1. The number of primary amides is 1. The molecule has 1 saturated heterocycles. The van der Waals surface area contributed by atoms with Crippen molar-refractivity contribution in [2.45, 2.75) is 13.0 Å². The molecule has 1 aromatic carbocycles. The predicted molar refractivity (Wildman–Crippen MR) is 62.0 cm³/mol. The number of anilines is 1. The third-order valence-corrected chi connectivity index (χ3v) is 2.93. The van der Waals surface area contributed by atoms with Crippen molar-refractivity contribution in [2.75, 3.05) is 11.4 Å². The number of nitrogens with zero attached hydrogens (tertiary/aromatic N) is 1. The molecule has 5 heteroatoms. The van der Waals surface area contributed by atoms with E-state index in [1.807, 2.05) is 0 Å². The number of rotatable bonds is 3. The van der Waals surface area contributed by atoms with E-state index in [1.165, 1.54) is 4.90 Å². The topological polar surface area (TPSA) is 83.6 Å². The van der Waals surface area contributed by atoms with Crippen LogP contribution in [0.2, 0.25) is 0 Å². The van der Waals surface area contributed by atoms with Crippen molar-refractivity contribution in [1.29, 1.82) is 0 Å². The Morgan fingerprint density at radius 2 is 2.29 bits per heavy atom. The van der Waals surface area contributed by atoms with Gasteiger partial charge in [-0.15, -0.1) is 0 Å². The zero-order valence-electron chi connectivity index (χ0n) is 9.30. The molecule has 5 nitrogen and oxygen atoms in total. The first-order chi connectivity index (χ1) is 8.11. The molecule has 1 unspecified atom stereocenters. The second-order valence-electron chi connectivity index (χ2n) is 4.14. The Morgan fingerprint density at radius 1 is 1.53 bits per heavy atom. The number of carbonyl (C=O) groups excluding carboxylic acids is 2. The summed E-state index contributed by atoms with van der Waals surface area (Å²) in [6, 6.07) is 7.06. The molecule has 17 heavy (non-hydrogen) atoms. The lowest BCUT2D eigenvalue weighted by atomic mass is 10.1. The summed E-state index contributed by atoms with van der Waals surface area (Å²) in [4.78, 5) is 24.3. The molecule has 0 aromatic heterocycles. The van der Waals surface area contributed by atoms with Gasteiger partial charge in [0, 0.05) is 18.7 Å². The van der Waals surface area contributed by atoms with Gasteiger partial charge in [0.15, 0.2) is 0 Å². The molecule has 1 atom stereocenters. The van der Waals surface area contributed by atoms with Crippen LogP contribution in [-0.2, 0) is 16.2 Å². The molecule has 0 spiro atoms. The van der Waals surface area contributed by atoms with Gasteiger partial charge in [-0.2, -0.15) is 0 Å². The van der Waals surface area contributed by atoms with E-state index in [9.17, 15) is 9.59 Å². The Hall–Kier alpha value is -1.88. The molecular weight excluding hydrogens is 220 g/mol. The number of aliphatic hydroxyl groups is 1. The molecule has 1 aliphatic heterocycles. The van der Waals surface area contributed by atoms with Crippen LogP contribution in [0.4, 0.5) is 5.69 Å². The largest absolute Gasteiger partial charge is 0.392 e. The standard InChI is InChI=1S/C12H14N2O3/c13-12(17)9-5-11(16)14(6-9)10-3-1-2-8(4-10)7-15/h1-4,9,15H,5-7H2,(H2,13,17). The lowest BCUT2D eigenvalue weighted by Crippen LogP contribution is -2.28. The third-order valence-electron chi connectivity index (χ3n) is 2.93. The average molecular weight is 234 g/mol. The van der Waals surface area contributed by atoms with Crippen LogP contribution in [0, 0.1) is 5.92 Å². The highest BCUT2D eigenvalue weighted by molar-refractivity contribution is 6.00. The molecule has 2 amide bonds. The van der Waals surface area contributed by atoms with E-state index in [0.29, 0.717) is 12.2 Å². The number of amides is 2. The van der Waals surface area contributed by atoms with Crippen LogP contribution in [0.3, 0.4) is 0 Å². The van der Waals surface area contributed by atoms with Gasteiger partial charge in [-0.1, -0.05) is 12.1 Å². The monoisotopic (exact) mass is 234 g/mol. The Labute approximate surface area is 98.8 Å². The zero-order valence-corrected chi connectivity index (χ0v) is 9.30. The summed E-state index contributed by atoms with van der Waals surface area (Å²) in [6.07, 6.45) is 0.165. The van der Waals surface area contributed by atoms with Gasteiger partial charge in [-0.25, -0.2) is 0 Å². The van der Waals surface area contributed by atoms with Crippen LogP contribution in [0.1, 0.15) is 12.0 Å². The molecule has 1 aliphatic rings. The zero-order chi connectivity index (χ0) is 12.4. The number of carbonyl (C=O) groups is 2. The van der Waals surface area contributed by atoms with Crippen molar-refractivity contribution in [3.63, 3.8) is 0 Å². The minimum absolute atomic E-state index is 0.0743. The van der Waals surface area contributed by atoms with Gasteiger partial charge >= 0.3 is 0 Å². The summed E-state index contributed by atoms with van der Waals surface area (Å²) < 4.78 is 0. The molecule has 3 N–H and O–H groups in total. The maximum absolute atomic E-state index is 11.7. The first-order valence-electron chi connectivity index (χ1n) is 5.41. The Bertz CT molecular complexity index is 459. The van der Waals surface area contributed by atoms with Crippen molar-refractivity contribution >= 4 is 17.5 Å². The molecule has 0 saturated carbocycles. The molecule has 2 rings (SSSR count). The maximum atomic E-state index is 11.7. The second kappa shape index (κ2) is 4.55. The molecule has 0 radical (unpaired) electrons. The van der Waals surface area contributed by atoms with Crippen molar-refractivity contribution in [2.24, 2.45) is 11.7 Å². The summed E-state index contributed by atoms with van der Waals surface area (Å²) in [6.45, 7) is 0.248. The van der Waals surface area contributed by atoms with Crippen molar-refractivity contribution in [3.8, 4) is 0 Å². The molecule has 90 valence electrons. The van der Waals surface area contributed by atoms with Gasteiger partial charge in [0.2, 0.25) is 11.8 Å². The van der Waals surface area contributed by atoms with Gasteiger partial charge in [0.25, 0.3) is 0 Å². The Morgan fingerprint density at radius 3 is 2.88 bits per heavy atom. The number of hydrogen-bond acceptors (Lipinski definition) is 3. The van der Waals surface area contributed by atoms with E-state index in [0.717, 1.165) is 5.56 Å². The van der Waals surface area contributed by atoms with E-state index in [1.54, 1.807) is 24.3 Å². The van der Waals surface area contributed by atoms with Gasteiger partial charge in [-0.05, 0) is 17.7 Å². The summed E-state index contributed by atoms with van der Waals surface area (Å²) in [5.41, 5.74) is 6.63. The molecule has 1 fully saturated rings. The van der Waals surface area contributed by atoms with Crippen LogP contribution in [0.15, 0.2) is 24.3 Å². The fraction of sp³-hybridized carbons (Fsp3) is 0.333. The first kappa shape index (κ1) is 11.6. The summed E-state index contributed by atoms with van der Waals surface area (Å²) in [5.74, 6) is -0.969. The van der Waals surface area contributed by atoms with E-state index in [-0.39, 0.29) is 18.9 Å². The highest BCUT2D eigenvalue weighted by Crippen LogP contribution is 2.25. The van der Waals surface area contributed by atoms with Crippen molar-refractivity contribution in [1.82, 2.24) is 0 Å². The third kappa shape index (κ3) is 2.29. The quantitative estimate of drug-likeness (QED) is 0.773. The molecule has 1 heterocycles. The van der Waals surface area contributed by atoms with Crippen LogP contribution < -0.4 is 10.6 Å².